The molecule has 7 nitrogen and oxygen atoms in total. The second kappa shape index (κ2) is 6.93. The molecule has 8 heteroatoms. The van der Waals surface area contributed by atoms with Crippen molar-refractivity contribution in [3.05, 3.63) is 55.1 Å². The minimum absolute atomic E-state index is 0.394. The third-order valence-corrected chi connectivity index (χ3v) is 3.87. The van der Waals surface area contributed by atoms with E-state index in [4.69, 9.17) is 14.3 Å². The number of halogens is 1. The second-order valence-corrected chi connectivity index (χ2v) is 5.64. The summed E-state index contributed by atoms with van der Waals surface area (Å²) < 4.78 is 25.6. The van der Waals surface area contributed by atoms with Crippen molar-refractivity contribution in [1.82, 2.24) is 19.7 Å². The fourth-order valence-corrected chi connectivity index (χ4v) is 2.52. The molecule has 0 saturated heterocycles. The highest BCUT2D eigenvalue weighted by molar-refractivity contribution is 5.77. The molecule has 0 aliphatic rings. The monoisotopic (exact) mass is 354 g/mol. The van der Waals surface area contributed by atoms with Crippen molar-refractivity contribution in [2.24, 2.45) is 0 Å². The van der Waals surface area contributed by atoms with Gasteiger partial charge in [-0.05, 0) is 36.4 Å². The lowest BCUT2D eigenvalue weighted by molar-refractivity contribution is 0.0932. The number of aliphatic hydroxyl groups excluding tert-OH is 1. The van der Waals surface area contributed by atoms with Gasteiger partial charge in [0, 0.05) is 17.3 Å². The van der Waals surface area contributed by atoms with Gasteiger partial charge in [0.1, 0.15) is 36.7 Å². The highest BCUT2D eigenvalue weighted by atomic mass is 19.1. The highest BCUT2D eigenvalue weighted by Gasteiger charge is 2.12. The van der Waals surface area contributed by atoms with Crippen LogP contribution in [0.4, 0.5) is 4.39 Å². The largest absolute Gasteiger partial charge is 0.485 e. The van der Waals surface area contributed by atoms with E-state index in [2.05, 4.69) is 15.2 Å². The molecular formula is C18H15FN4O3. The molecule has 0 fully saturated rings. The fourth-order valence-electron chi connectivity index (χ4n) is 2.52. The quantitative estimate of drug-likeness (QED) is 0.573. The first-order valence-corrected chi connectivity index (χ1v) is 7.96. The molecule has 4 rings (SSSR count). The van der Waals surface area contributed by atoms with E-state index >= 15 is 0 Å². The molecule has 4 aromatic rings. The number of hydrogen-bond acceptors (Lipinski definition) is 6. The number of rotatable bonds is 6. The van der Waals surface area contributed by atoms with Gasteiger partial charge in [-0.2, -0.15) is 0 Å². The van der Waals surface area contributed by atoms with Gasteiger partial charge in [0.25, 0.3) is 0 Å². The van der Waals surface area contributed by atoms with Crippen LogP contribution >= 0.6 is 0 Å². The van der Waals surface area contributed by atoms with Crippen LogP contribution in [-0.2, 0) is 0 Å². The number of benzene rings is 2. The summed E-state index contributed by atoms with van der Waals surface area (Å²) >= 11 is 0. The van der Waals surface area contributed by atoms with Crippen molar-refractivity contribution in [2.75, 3.05) is 13.3 Å². The van der Waals surface area contributed by atoms with E-state index in [1.807, 2.05) is 24.3 Å². The van der Waals surface area contributed by atoms with Crippen LogP contribution < -0.4 is 4.74 Å². The molecule has 132 valence electrons. The Balaban J connectivity index is 1.61. The Bertz CT molecular complexity index is 995. The lowest BCUT2D eigenvalue weighted by Gasteiger charge is -2.12. The zero-order valence-corrected chi connectivity index (χ0v) is 13.6. The first-order chi connectivity index (χ1) is 12.8. The Kier molecular flexibility index (Phi) is 4.32. The summed E-state index contributed by atoms with van der Waals surface area (Å²) in [6.07, 6.45) is 2.35. The van der Waals surface area contributed by atoms with Crippen molar-refractivity contribution in [3.63, 3.8) is 0 Å². The zero-order chi connectivity index (χ0) is 17.9. The summed E-state index contributed by atoms with van der Waals surface area (Å²) in [5, 5.41) is 16.6. The molecule has 0 amide bonds. The van der Waals surface area contributed by atoms with Crippen LogP contribution in [0.1, 0.15) is 0 Å². The number of aromatic nitrogens is 4. The maximum absolute atomic E-state index is 12.7. The molecule has 2 aromatic heterocycles. The molecule has 1 atom stereocenters. The molecule has 0 aliphatic heterocycles. The summed E-state index contributed by atoms with van der Waals surface area (Å²) in [6, 6.07) is 12.6. The average Bonchev–Trinajstić information content (AvgIpc) is 3.35. The number of hydrogen-bond donors (Lipinski definition) is 1. The maximum Gasteiger partial charge on any atom is 0.227 e. The molecule has 2 aromatic carbocycles. The topological polar surface area (TPSA) is 86.2 Å². The molecule has 1 N–H and O–H groups in total. The third-order valence-electron chi connectivity index (χ3n) is 3.87. The Morgan fingerprint density at radius 2 is 1.88 bits per heavy atom. The normalized spacial score (nSPS) is 12.4. The smallest absolute Gasteiger partial charge is 0.227 e. The molecule has 1 unspecified atom stereocenters. The van der Waals surface area contributed by atoms with Gasteiger partial charge in [0.2, 0.25) is 5.89 Å². The summed E-state index contributed by atoms with van der Waals surface area (Å²) in [5.74, 6) is 0.886. The van der Waals surface area contributed by atoms with E-state index in [1.165, 1.54) is 0 Å². The number of alkyl halides is 1. The summed E-state index contributed by atoms with van der Waals surface area (Å²) in [6.45, 7) is -1.16. The fraction of sp³-hybridized carbons (Fsp3) is 0.167. The van der Waals surface area contributed by atoms with Gasteiger partial charge in [-0.1, -0.05) is 0 Å². The Labute approximate surface area is 147 Å². The lowest BCUT2D eigenvalue weighted by Crippen LogP contribution is -2.23. The Morgan fingerprint density at radius 3 is 2.58 bits per heavy atom. The van der Waals surface area contributed by atoms with Gasteiger partial charge in [0.15, 0.2) is 5.58 Å². The van der Waals surface area contributed by atoms with E-state index in [9.17, 15) is 4.39 Å². The van der Waals surface area contributed by atoms with Gasteiger partial charge >= 0.3 is 0 Å². The molecule has 0 spiro atoms. The molecular weight excluding hydrogens is 339 g/mol. The van der Waals surface area contributed by atoms with E-state index in [1.54, 1.807) is 35.4 Å². The third kappa shape index (κ3) is 3.14. The summed E-state index contributed by atoms with van der Waals surface area (Å²) in [4.78, 5) is 4.46. The lowest BCUT2D eigenvalue weighted by atomic mass is 10.2. The van der Waals surface area contributed by atoms with Gasteiger partial charge < -0.3 is 14.3 Å². The van der Waals surface area contributed by atoms with Crippen LogP contribution in [0.25, 0.3) is 28.2 Å². The van der Waals surface area contributed by atoms with Crippen LogP contribution in [0.2, 0.25) is 0 Å². The van der Waals surface area contributed by atoms with Crippen LogP contribution in [0.5, 0.6) is 5.75 Å². The predicted octanol–water partition coefficient (Wildman–Crippen LogP) is 2.78. The van der Waals surface area contributed by atoms with Gasteiger partial charge in [-0.25, -0.2) is 9.37 Å². The van der Waals surface area contributed by atoms with Crippen molar-refractivity contribution in [1.29, 1.82) is 0 Å². The number of ether oxygens (including phenoxy) is 1. The molecule has 0 radical (unpaired) electrons. The number of nitrogens with zero attached hydrogens (tertiary/aromatic N) is 4. The van der Waals surface area contributed by atoms with Crippen molar-refractivity contribution >= 4 is 11.1 Å². The molecule has 0 bridgehead atoms. The summed E-state index contributed by atoms with van der Waals surface area (Å²) in [7, 11) is 0. The minimum Gasteiger partial charge on any atom is -0.485 e. The van der Waals surface area contributed by atoms with Crippen LogP contribution in [-0.4, -0.2) is 44.2 Å². The van der Waals surface area contributed by atoms with Gasteiger partial charge in [0.05, 0.1) is 6.61 Å². The predicted molar refractivity (Wildman–Crippen MR) is 91.8 cm³/mol. The van der Waals surface area contributed by atoms with Crippen molar-refractivity contribution in [2.45, 2.75) is 6.10 Å². The number of fused-ring (bicyclic) bond motifs is 1. The van der Waals surface area contributed by atoms with Crippen molar-refractivity contribution < 1.29 is 18.7 Å². The molecule has 26 heavy (non-hydrogen) atoms. The standard InChI is InChI=1S/C18H15FN4O3/c19-8-15(9-24)25-14-5-6-16-17(7-14)26-18(22-16)12-1-3-13(4-2-12)23-10-20-21-11-23/h1-7,10-11,15,24H,8-9H2. The average molecular weight is 354 g/mol. The van der Waals surface area contributed by atoms with E-state index in [0.29, 0.717) is 22.7 Å². The van der Waals surface area contributed by atoms with Crippen LogP contribution in [0.3, 0.4) is 0 Å². The summed E-state index contributed by atoms with van der Waals surface area (Å²) in [5.41, 5.74) is 2.93. The van der Waals surface area contributed by atoms with E-state index in [-0.39, 0.29) is 0 Å². The van der Waals surface area contributed by atoms with E-state index in [0.717, 1.165) is 11.3 Å². The Hall–Kier alpha value is -3.26. The first-order valence-electron chi connectivity index (χ1n) is 7.96. The second-order valence-electron chi connectivity index (χ2n) is 5.64. The minimum atomic E-state index is -0.889. The molecule has 0 aliphatic carbocycles. The molecule has 2 heterocycles. The zero-order valence-electron chi connectivity index (χ0n) is 13.6. The SMILES string of the molecule is OCC(CF)Oc1ccc2nc(-c3ccc(-n4cnnc4)cc3)oc2c1. The van der Waals surface area contributed by atoms with Crippen molar-refractivity contribution in [3.8, 4) is 22.9 Å². The number of oxazole rings is 1. The van der Waals surface area contributed by atoms with Crippen LogP contribution in [0.15, 0.2) is 59.5 Å². The van der Waals surface area contributed by atoms with Crippen LogP contribution in [0, 0.1) is 0 Å². The van der Waals surface area contributed by atoms with Gasteiger partial charge in [-0.15, -0.1) is 10.2 Å². The highest BCUT2D eigenvalue weighted by Crippen LogP contribution is 2.28. The van der Waals surface area contributed by atoms with Gasteiger partial charge in [-0.3, -0.25) is 4.57 Å². The maximum atomic E-state index is 12.7. The Morgan fingerprint density at radius 1 is 1.12 bits per heavy atom. The molecule has 0 saturated carbocycles. The van der Waals surface area contributed by atoms with E-state index < -0.39 is 19.4 Å². The first kappa shape index (κ1) is 16.2. The number of aliphatic hydroxyl groups is 1.